The van der Waals surface area contributed by atoms with Gasteiger partial charge in [0.1, 0.15) is 18.1 Å². The molecule has 0 radical (unpaired) electrons. The molecule has 1 aliphatic heterocycles. The molecule has 1 aromatic heterocycles. The Morgan fingerprint density at radius 3 is 2.76 bits per heavy atom. The second-order valence-electron chi connectivity index (χ2n) is 4.15. The van der Waals surface area contributed by atoms with E-state index in [0.29, 0.717) is 11.3 Å². The van der Waals surface area contributed by atoms with Gasteiger partial charge < -0.3 is 19.5 Å². The van der Waals surface area contributed by atoms with Crippen molar-refractivity contribution in [2.45, 2.75) is 25.5 Å². The van der Waals surface area contributed by atoms with Crippen molar-refractivity contribution in [2.75, 3.05) is 6.54 Å². The minimum absolute atomic E-state index is 0.0417. The predicted molar refractivity (Wildman–Crippen MR) is 56.5 cm³/mol. The van der Waals surface area contributed by atoms with Gasteiger partial charge in [0.2, 0.25) is 0 Å². The maximum atomic E-state index is 12.0. The molecule has 0 spiro atoms. The molecule has 6 nitrogen and oxygen atoms in total. The van der Waals surface area contributed by atoms with E-state index < -0.39 is 24.0 Å². The van der Waals surface area contributed by atoms with Gasteiger partial charge in [0, 0.05) is 13.0 Å². The summed E-state index contributed by atoms with van der Waals surface area (Å²) in [6.45, 7) is 1.74. The number of aryl methyl sites for hydroxylation is 1. The first kappa shape index (κ1) is 11.7. The highest BCUT2D eigenvalue weighted by atomic mass is 16.4. The fourth-order valence-electron chi connectivity index (χ4n) is 1.99. The number of β-amino-alcohol motifs (C(OH)–C–C–N with tert-alkyl or cyclic N) is 1. The summed E-state index contributed by atoms with van der Waals surface area (Å²) in [5.74, 6) is -0.944. The van der Waals surface area contributed by atoms with Crippen molar-refractivity contribution in [1.29, 1.82) is 0 Å². The van der Waals surface area contributed by atoms with Crippen LogP contribution in [-0.2, 0) is 4.79 Å². The van der Waals surface area contributed by atoms with Gasteiger partial charge in [-0.2, -0.15) is 0 Å². The SMILES string of the molecule is Cc1cc(C(=O)N2CC(O)C[C@H]2C(=O)O)co1. The highest BCUT2D eigenvalue weighted by Gasteiger charge is 2.39. The lowest BCUT2D eigenvalue weighted by atomic mass is 10.2. The molecule has 0 aliphatic carbocycles. The highest BCUT2D eigenvalue weighted by Crippen LogP contribution is 2.21. The summed E-state index contributed by atoms with van der Waals surface area (Å²) in [5, 5.41) is 18.4. The number of likely N-dealkylation sites (tertiary alicyclic amines) is 1. The third-order valence-electron chi connectivity index (χ3n) is 2.80. The van der Waals surface area contributed by atoms with Gasteiger partial charge >= 0.3 is 5.97 Å². The Balaban J connectivity index is 2.21. The number of carbonyl (C=O) groups excluding carboxylic acids is 1. The smallest absolute Gasteiger partial charge is 0.326 e. The van der Waals surface area contributed by atoms with E-state index in [1.807, 2.05) is 0 Å². The first-order chi connectivity index (χ1) is 7.99. The molecule has 2 rings (SSSR count). The molecule has 2 atom stereocenters. The van der Waals surface area contributed by atoms with Crippen LogP contribution >= 0.6 is 0 Å². The fourth-order valence-corrected chi connectivity index (χ4v) is 1.99. The Kier molecular flexibility index (Phi) is 2.89. The van der Waals surface area contributed by atoms with Crippen LogP contribution in [0.2, 0.25) is 0 Å². The van der Waals surface area contributed by atoms with Gasteiger partial charge in [0.05, 0.1) is 11.7 Å². The van der Waals surface area contributed by atoms with E-state index in [0.717, 1.165) is 4.90 Å². The second kappa shape index (κ2) is 4.21. The molecule has 1 aromatic rings. The molecule has 1 amide bonds. The van der Waals surface area contributed by atoms with Crippen molar-refractivity contribution in [3.8, 4) is 0 Å². The Morgan fingerprint density at radius 1 is 1.53 bits per heavy atom. The van der Waals surface area contributed by atoms with Crippen LogP contribution in [0.3, 0.4) is 0 Å². The summed E-state index contributed by atoms with van der Waals surface area (Å²) in [5.41, 5.74) is 0.308. The van der Waals surface area contributed by atoms with Crippen molar-refractivity contribution in [2.24, 2.45) is 0 Å². The quantitative estimate of drug-likeness (QED) is 0.771. The molecule has 6 heteroatoms. The average molecular weight is 239 g/mol. The molecule has 17 heavy (non-hydrogen) atoms. The number of amides is 1. The highest BCUT2D eigenvalue weighted by molar-refractivity contribution is 5.96. The molecule has 1 aliphatic rings. The molecular weight excluding hydrogens is 226 g/mol. The zero-order valence-electron chi connectivity index (χ0n) is 9.29. The monoisotopic (exact) mass is 239 g/mol. The first-order valence-electron chi connectivity index (χ1n) is 5.26. The molecule has 0 bridgehead atoms. The van der Waals surface area contributed by atoms with E-state index in [-0.39, 0.29) is 13.0 Å². The minimum Gasteiger partial charge on any atom is -0.480 e. The number of hydrogen-bond donors (Lipinski definition) is 2. The van der Waals surface area contributed by atoms with Crippen molar-refractivity contribution in [3.63, 3.8) is 0 Å². The Labute approximate surface area is 97.4 Å². The van der Waals surface area contributed by atoms with Crippen LogP contribution in [-0.4, -0.2) is 45.7 Å². The van der Waals surface area contributed by atoms with Crippen LogP contribution in [0.5, 0.6) is 0 Å². The topological polar surface area (TPSA) is 91.0 Å². The number of rotatable bonds is 2. The van der Waals surface area contributed by atoms with E-state index in [9.17, 15) is 14.7 Å². The lowest BCUT2D eigenvalue weighted by Crippen LogP contribution is -2.40. The Bertz CT molecular complexity index is 452. The number of aliphatic hydroxyl groups excluding tert-OH is 1. The summed E-state index contributed by atoms with van der Waals surface area (Å²) in [6.07, 6.45) is 0.576. The maximum Gasteiger partial charge on any atom is 0.326 e. The number of aliphatic carboxylic acids is 1. The van der Waals surface area contributed by atoms with Crippen LogP contribution < -0.4 is 0 Å². The van der Waals surface area contributed by atoms with Crippen molar-refractivity contribution < 1.29 is 24.2 Å². The van der Waals surface area contributed by atoms with Crippen LogP contribution in [0.15, 0.2) is 16.7 Å². The number of furan rings is 1. The Morgan fingerprint density at radius 2 is 2.24 bits per heavy atom. The Hall–Kier alpha value is -1.82. The van der Waals surface area contributed by atoms with Crippen LogP contribution in [0.1, 0.15) is 22.5 Å². The minimum atomic E-state index is -1.10. The third-order valence-corrected chi connectivity index (χ3v) is 2.80. The van der Waals surface area contributed by atoms with Gasteiger partial charge in [-0.25, -0.2) is 4.79 Å². The zero-order valence-corrected chi connectivity index (χ0v) is 9.29. The number of aliphatic hydroxyl groups is 1. The molecule has 1 saturated heterocycles. The molecular formula is C11H13NO5. The molecule has 92 valence electrons. The van der Waals surface area contributed by atoms with Crippen LogP contribution in [0, 0.1) is 6.92 Å². The number of carbonyl (C=O) groups is 2. The van der Waals surface area contributed by atoms with Gasteiger partial charge in [-0.1, -0.05) is 0 Å². The second-order valence-corrected chi connectivity index (χ2v) is 4.15. The van der Waals surface area contributed by atoms with E-state index in [2.05, 4.69) is 0 Å². The summed E-state index contributed by atoms with van der Waals surface area (Å²) < 4.78 is 5.01. The van der Waals surface area contributed by atoms with Crippen LogP contribution in [0.4, 0.5) is 0 Å². The lowest BCUT2D eigenvalue weighted by molar-refractivity contribution is -0.141. The number of carboxylic acids is 1. The van der Waals surface area contributed by atoms with E-state index in [1.54, 1.807) is 13.0 Å². The molecule has 0 saturated carbocycles. The van der Waals surface area contributed by atoms with Crippen molar-refractivity contribution >= 4 is 11.9 Å². The number of hydrogen-bond acceptors (Lipinski definition) is 4. The zero-order chi connectivity index (χ0) is 12.6. The van der Waals surface area contributed by atoms with E-state index in [1.165, 1.54) is 6.26 Å². The molecule has 2 heterocycles. The predicted octanol–water partition coefficient (Wildman–Crippen LogP) is 0.248. The molecule has 1 fully saturated rings. The number of carboxylic acid groups (broad SMARTS) is 1. The first-order valence-corrected chi connectivity index (χ1v) is 5.26. The lowest BCUT2D eigenvalue weighted by Gasteiger charge is -2.20. The molecule has 0 aromatic carbocycles. The van der Waals surface area contributed by atoms with Crippen LogP contribution in [0.25, 0.3) is 0 Å². The molecule has 2 N–H and O–H groups in total. The van der Waals surface area contributed by atoms with Crippen molar-refractivity contribution in [3.05, 3.63) is 23.7 Å². The summed E-state index contributed by atoms with van der Waals surface area (Å²) in [4.78, 5) is 24.1. The molecule has 1 unspecified atom stereocenters. The van der Waals surface area contributed by atoms with Gasteiger partial charge in [-0.15, -0.1) is 0 Å². The van der Waals surface area contributed by atoms with Gasteiger partial charge in [0.25, 0.3) is 5.91 Å². The fraction of sp³-hybridized carbons (Fsp3) is 0.455. The summed E-state index contributed by atoms with van der Waals surface area (Å²) in [6, 6.07) is 0.582. The third kappa shape index (κ3) is 2.16. The van der Waals surface area contributed by atoms with Crippen molar-refractivity contribution in [1.82, 2.24) is 4.90 Å². The van der Waals surface area contributed by atoms with E-state index >= 15 is 0 Å². The van der Waals surface area contributed by atoms with Gasteiger partial charge in [-0.3, -0.25) is 4.79 Å². The summed E-state index contributed by atoms with van der Waals surface area (Å²) in [7, 11) is 0. The maximum absolute atomic E-state index is 12.0. The van der Waals surface area contributed by atoms with Gasteiger partial charge in [-0.05, 0) is 13.0 Å². The number of nitrogens with zero attached hydrogens (tertiary/aromatic N) is 1. The standard InChI is InChI=1S/C11H13NO5/c1-6-2-7(5-17-6)10(14)12-4-8(13)3-9(12)11(15)16/h2,5,8-9,13H,3-4H2,1H3,(H,15,16)/t8?,9-/m0/s1. The normalized spacial score (nSPS) is 24.0. The average Bonchev–Trinajstić information content (AvgIpc) is 2.83. The largest absolute Gasteiger partial charge is 0.480 e. The summed E-state index contributed by atoms with van der Waals surface area (Å²) >= 11 is 0. The van der Waals surface area contributed by atoms with E-state index in [4.69, 9.17) is 9.52 Å². The van der Waals surface area contributed by atoms with Gasteiger partial charge in [0.15, 0.2) is 0 Å².